The standard InChI is InChI=1S/C18H18ClNO4/c1-2-8-23-17(22)14-13-6-7-18(24-13)10-20(16(21)15(14)18)12-5-3-4-11(19)9-12/h3-7,9,13-15H,2,8,10H2,1H3/t13-,14+,15+,18+/m1/s1. The van der Waals surface area contributed by atoms with Gasteiger partial charge < -0.3 is 14.4 Å². The van der Waals surface area contributed by atoms with Crippen LogP contribution in [0.4, 0.5) is 5.69 Å². The zero-order valence-electron chi connectivity index (χ0n) is 13.3. The molecule has 126 valence electrons. The molecule has 3 aliphatic rings. The molecule has 1 amide bonds. The zero-order chi connectivity index (χ0) is 16.9. The van der Waals surface area contributed by atoms with E-state index < -0.39 is 17.4 Å². The summed E-state index contributed by atoms with van der Waals surface area (Å²) in [6, 6.07) is 7.15. The molecule has 1 aromatic rings. The first kappa shape index (κ1) is 15.7. The normalized spacial score (nSPS) is 33.2. The first-order valence-electron chi connectivity index (χ1n) is 8.16. The van der Waals surface area contributed by atoms with Crippen molar-refractivity contribution in [2.24, 2.45) is 11.8 Å². The number of carbonyl (C=O) groups is 2. The lowest BCUT2D eigenvalue weighted by atomic mass is 9.77. The fourth-order valence-electron chi connectivity index (χ4n) is 3.93. The summed E-state index contributed by atoms with van der Waals surface area (Å²) in [4.78, 5) is 27.1. The van der Waals surface area contributed by atoms with Crippen LogP contribution in [0.3, 0.4) is 0 Å². The Bertz CT molecular complexity index is 733. The fourth-order valence-corrected chi connectivity index (χ4v) is 4.11. The van der Waals surface area contributed by atoms with Crippen LogP contribution in [0.1, 0.15) is 13.3 Å². The lowest BCUT2D eigenvalue weighted by Crippen LogP contribution is -2.40. The number of hydrogen-bond acceptors (Lipinski definition) is 4. The van der Waals surface area contributed by atoms with Gasteiger partial charge in [-0.15, -0.1) is 0 Å². The molecule has 3 aliphatic heterocycles. The maximum absolute atomic E-state index is 13.0. The first-order chi connectivity index (χ1) is 11.6. The summed E-state index contributed by atoms with van der Waals surface area (Å²) >= 11 is 6.05. The van der Waals surface area contributed by atoms with E-state index in [1.54, 1.807) is 23.1 Å². The largest absolute Gasteiger partial charge is 0.465 e. The van der Waals surface area contributed by atoms with Gasteiger partial charge in [0.05, 0.1) is 25.2 Å². The minimum Gasteiger partial charge on any atom is -0.465 e. The van der Waals surface area contributed by atoms with Crippen molar-refractivity contribution in [1.82, 2.24) is 0 Å². The Labute approximate surface area is 145 Å². The number of rotatable bonds is 4. The number of fused-ring (bicyclic) bond motifs is 1. The molecule has 0 N–H and O–H groups in total. The monoisotopic (exact) mass is 347 g/mol. The fraction of sp³-hybridized carbons (Fsp3) is 0.444. The second-order valence-electron chi connectivity index (χ2n) is 6.47. The second-order valence-corrected chi connectivity index (χ2v) is 6.91. The van der Waals surface area contributed by atoms with Gasteiger partial charge in [0.15, 0.2) is 0 Å². The molecular formula is C18H18ClNO4. The van der Waals surface area contributed by atoms with E-state index in [1.165, 1.54) is 0 Å². The molecule has 2 bridgehead atoms. The molecule has 4 atom stereocenters. The van der Waals surface area contributed by atoms with Crippen LogP contribution in [0.5, 0.6) is 0 Å². The van der Waals surface area contributed by atoms with E-state index in [0.717, 1.165) is 12.1 Å². The van der Waals surface area contributed by atoms with Gasteiger partial charge in [0.2, 0.25) is 5.91 Å². The zero-order valence-corrected chi connectivity index (χ0v) is 14.0. The van der Waals surface area contributed by atoms with Crippen LogP contribution in [-0.4, -0.2) is 36.7 Å². The van der Waals surface area contributed by atoms with Crippen LogP contribution in [-0.2, 0) is 19.1 Å². The highest BCUT2D eigenvalue weighted by molar-refractivity contribution is 6.31. The van der Waals surface area contributed by atoms with Crippen LogP contribution in [0, 0.1) is 11.8 Å². The summed E-state index contributed by atoms with van der Waals surface area (Å²) in [6.07, 6.45) is 4.18. The molecule has 0 radical (unpaired) electrons. The highest BCUT2D eigenvalue weighted by Crippen LogP contribution is 2.52. The maximum Gasteiger partial charge on any atom is 0.312 e. The molecule has 2 fully saturated rings. The third kappa shape index (κ3) is 2.19. The van der Waals surface area contributed by atoms with Crippen molar-refractivity contribution in [3.63, 3.8) is 0 Å². The summed E-state index contributed by atoms with van der Waals surface area (Å²) in [6.45, 7) is 2.69. The van der Waals surface area contributed by atoms with Crippen LogP contribution in [0.15, 0.2) is 36.4 Å². The summed E-state index contributed by atoms with van der Waals surface area (Å²) in [7, 11) is 0. The molecule has 4 rings (SSSR count). The van der Waals surface area contributed by atoms with Crippen LogP contribution in [0.2, 0.25) is 5.02 Å². The van der Waals surface area contributed by atoms with Crippen molar-refractivity contribution in [1.29, 1.82) is 0 Å². The highest BCUT2D eigenvalue weighted by atomic mass is 35.5. The van der Waals surface area contributed by atoms with Gasteiger partial charge in [0.25, 0.3) is 0 Å². The maximum atomic E-state index is 13.0. The Morgan fingerprint density at radius 2 is 2.33 bits per heavy atom. The molecule has 3 heterocycles. The predicted octanol–water partition coefficient (Wildman–Crippen LogP) is 2.58. The number of ether oxygens (including phenoxy) is 2. The van der Waals surface area contributed by atoms with Gasteiger partial charge in [-0.1, -0.05) is 36.7 Å². The molecule has 6 heteroatoms. The van der Waals surface area contributed by atoms with Crippen LogP contribution >= 0.6 is 11.6 Å². The van der Waals surface area contributed by atoms with Crippen molar-refractivity contribution in [2.45, 2.75) is 25.0 Å². The van der Waals surface area contributed by atoms with Gasteiger partial charge in [-0.3, -0.25) is 9.59 Å². The van der Waals surface area contributed by atoms with E-state index in [0.29, 0.717) is 18.2 Å². The SMILES string of the molecule is CCCOC(=O)[C@@H]1[C@H]2C(=O)N(c3cccc(Cl)c3)C[C@@]23C=C[C@H]1O3. The number of carbonyl (C=O) groups excluding carboxylic acids is 2. The number of amides is 1. The Hall–Kier alpha value is -1.85. The van der Waals surface area contributed by atoms with Crippen molar-refractivity contribution >= 4 is 29.2 Å². The highest BCUT2D eigenvalue weighted by Gasteiger charge is 2.67. The summed E-state index contributed by atoms with van der Waals surface area (Å²) in [5.41, 5.74) is -0.0163. The molecular weight excluding hydrogens is 330 g/mol. The number of esters is 1. The molecule has 1 spiro atoms. The Morgan fingerprint density at radius 1 is 1.50 bits per heavy atom. The molecule has 0 aliphatic carbocycles. The summed E-state index contributed by atoms with van der Waals surface area (Å²) < 4.78 is 11.3. The third-order valence-electron chi connectivity index (χ3n) is 4.94. The smallest absolute Gasteiger partial charge is 0.312 e. The number of benzene rings is 1. The molecule has 2 saturated heterocycles. The van der Waals surface area contributed by atoms with E-state index in [-0.39, 0.29) is 18.0 Å². The Kier molecular flexibility index (Phi) is 3.66. The van der Waals surface area contributed by atoms with Gasteiger partial charge in [0, 0.05) is 10.7 Å². The molecule has 0 aromatic heterocycles. The van der Waals surface area contributed by atoms with Crippen molar-refractivity contribution in [2.75, 3.05) is 18.1 Å². The van der Waals surface area contributed by atoms with Crippen LogP contribution in [0.25, 0.3) is 0 Å². The number of anilines is 1. The number of nitrogens with zero attached hydrogens (tertiary/aromatic N) is 1. The molecule has 0 saturated carbocycles. The van der Waals surface area contributed by atoms with E-state index in [4.69, 9.17) is 21.1 Å². The van der Waals surface area contributed by atoms with Gasteiger partial charge in [-0.2, -0.15) is 0 Å². The van der Waals surface area contributed by atoms with E-state index >= 15 is 0 Å². The lowest BCUT2D eigenvalue weighted by molar-refractivity contribution is -0.152. The number of halogens is 1. The third-order valence-corrected chi connectivity index (χ3v) is 5.18. The first-order valence-corrected chi connectivity index (χ1v) is 8.54. The van der Waals surface area contributed by atoms with Gasteiger partial charge in [-0.25, -0.2) is 0 Å². The minimum absolute atomic E-state index is 0.109. The average molecular weight is 348 g/mol. The summed E-state index contributed by atoms with van der Waals surface area (Å²) in [5, 5.41) is 0.564. The van der Waals surface area contributed by atoms with E-state index in [2.05, 4.69) is 0 Å². The molecule has 1 aromatic carbocycles. The lowest BCUT2D eigenvalue weighted by Gasteiger charge is -2.22. The van der Waals surface area contributed by atoms with Crippen LogP contribution < -0.4 is 4.90 Å². The van der Waals surface area contributed by atoms with Crippen molar-refractivity contribution in [3.05, 3.63) is 41.4 Å². The Morgan fingerprint density at radius 3 is 3.08 bits per heavy atom. The minimum atomic E-state index is -0.736. The van der Waals surface area contributed by atoms with Crippen molar-refractivity contribution < 1.29 is 19.1 Å². The molecule has 0 unspecified atom stereocenters. The van der Waals surface area contributed by atoms with Gasteiger partial charge in [-0.05, 0) is 24.6 Å². The number of hydrogen-bond donors (Lipinski definition) is 0. The Balaban J connectivity index is 1.65. The second kappa shape index (κ2) is 5.60. The quantitative estimate of drug-likeness (QED) is 0.620. The summed E-state index contributed by atoms with van der Waals surface area (Å²) in [5.74, 6) is -1.56. The predicted molar refractivity (Wildman–Crippen MR) is 88.8 cm³/mol. The molecule has 5 nitrogen and oxygen atoms in total. The van der Waals surface area contributed by atoms with Gasteiger partial charge >= 0.3 is 5.97 Å². The average Bonchev–Trinajstić information content (AvgIpc) is 3.21. The van der Waals surface area contributed by atoms with Crippen molar-refractivity contribution in [3.8, 4) is 0 Å². The van der Waals surface area contributed by atoms with E-state index in [1.807, 2.05) is 25.1 Å². The topological polar surface area (TPSA) is 55.8 Å². The van der Waals surface area contributed by atoms with E-state index in [9.17, 15) is 9.59 Å². The molecule has 24 heavy (non-hydrogen) atoms. The van der Waals surface area contributed by atoms with Gasteiger partial charge in [0.1, 0.15) is 11.5 Å².